The second-order valence-electron chi connectivity index (χ2n) is 5.05. The van der Waals surface area contributed by atoms with Crippen molar-refractivity contribution in [3.63, 3.8) is 0 Å². The standard InChI is InChI=1S/C15H19N2O.ClHO4/c1-16(2)13-10-14(12-8-6-5-7-9-12)18-15(11-13)17(3)4;2-1(3,4)5/h5-11H,1-4H3;(H,2,3,4,5)/q+1;/p-1. The summed E-state index contributed by atoms with van der Waals surface area (Å²) in [6.07, 6.45) is 0. The summed E-state index contributed by atoms with van der Waals surface area (Å²) < 4.78 is 41.9. The van der Waals surface area contributed by atoms with Crippen LogP contribution in [0.1, 0.15) is 0 Å². The lowest BCUT2D eigenvalue weighted by Crippen LogP contribution is -2.68. The van der Waals surface area contributed by atoms with Gasteiger partial charge in [-0.2, -0.15) is 0 Å². The molecule has 0 amide bonds. The molecule has 0 fully saturated rings. The third-order valence-corrected chi connectivity index (χ3v) is 2.78. The molecule has 0 spiro atoms. The monoisotopic (exact) mass is 342 g/mol. The van der Waals surface area contributed by atoms with Crippen LogP contribution in [0.25, 0.3) is 11.3 Å². The number of nitrogens with zero attached hydrogens (tertiary/aromatic N) is 2. The van der Waals surface area contributed by atoms with Crippen molar-refractivity contribution in [3.8, 4) is 11.3 Å². The molecule has 1 aromatic heterocycles. The Labute approximate surface area is 136 Å². The van der Waals surface area contributed by atoms with Gasteiger partial charge in [-0.1, -0.05) is 30.3 Å². The molecule has 0 saturated carbocycles. The van der Waals surface area contributed by atoms with Crippen molar-refractivity contribution in [2.24, 2.45) is 0 Å². The quantitative estimate of drug-likeness (QED) is 0.548. The molecule has 23 heavy (non-hydrogen) atoms. The molecule has 0 bridgehead atoms. The van der Waals surface area contributed by atoms with Crippen LogP contribution in [0, 0.1) is 10.2 Å². The predicted molar refractivity (Wildman–Crippen MR) is 75.6 cm³/mol. The zero-order chi connectivity index (χ0) is 17.6. The molecule has 0 aliphatic rings. The maximum absolute atomic E-state index is 8.49. The fourth-order valence-corrected chi connectivity index (χ4v) is 1.70. The Morgan fingerprint density at radius 3 is 1.91 bits per heavy atom. The van der Waals surface area contributed by atoms with Gasteiger partial charge < -0.3 is 9.32 Å². The van der Waals surface area contributed by atoms with Gasteiger partial charge >= 0.3 is 5.55 Å². The smallest absolute Gasteiger partial charge is 0.369 e. The SMILES string of the molecule is CN(C)c1cc(-c2ccccc2)oc(=[N+](C)C)c1.[O-][Cl+3]([O-])([O-])[O-]. The Morgan fingerprint density at radius 2 is 1.48 bits per heavy atom. The van der Waals surface area contributed by atoms with Gasteiger partial charge in [-0.05, 0) is 0 Å². The fourth-order valence-electron chi connectivity index (χ4n) is 1.70. The van der Waals surface area contributed by atoms with Gasteiger partial charge in [0.25, 0.3) is 0 Å². The summed E-state index contributed by atoms with van der Waals surface area (Å²) in [5.74, 6) is 0.880. The zero-order valence-electron chi connectivity index (χ0n) is 13.4. The average Bonchev–Trinajstić information content (AvgIpc) is 2.46. The number of hydrogen-bond donors (Lipinski definition) is 0. The summed E-state index contributed by atoms with van der Waals surface area (Å²) in [6, 6.07) is 14.2. The van der Waals surface area contributed by atoms with E-state index in [1.807, 2.05) is 57.0 Å². The molecule has 0 unspecified atom stereocenters. The van der Waals surface area contributed by atoms with E-state index in [0.29, 0.717) is 0 Å². The van der Waals surface area contributed by atoms with Crippen molar-refractivity contribution in [2.45, 2.75) is 0 Å². The Hall–Kier alpha value is -1.90. The summed E-state index contributed by atoms with van der Waals surface area (Å²) >= 11 is 0. The Balaban J connectivity index is 0.000000463. The van der Waals surface area contributed by atoms with Gasteiger partial charge in [-0.3, -0.25) is 0 Å². The minimum Gasteiger partial charge on any atom is -0.405 e. The first-order chi connectivity index (χ1) is 10.6. The van der Waals surface area contributed by atoms with E-state index in [1.54, 1.807) is 0 Å². The van der Waals surface area contributed by atoms with E-state index in [-0.39, 0.29) is 0 Å². The van der Waals surface area contributed by atoms with Crippen molar-refractivity contribution in [3.05, 3.63) is 48.0 Å². The number of benzene rings is 1. The molecule has 2 rings (SSSR count). The van der Waals surface area contributed by atoms with E-state index in [1.165, 1.54) is 0 Å². The van der Waals surface area contributed by atoms with Crippen molar-refractivity contribution in [1.82, 2.24) is 4.58 Å². The summed E-state index contributed by atoms with van der Waals surface area (Å²) in [4.78, 5) is 2.08. The summed E-state index contributed by atoms with van der Waals surface area (Å²) in [7, 11) is 3.08. The molecular formula is C15H19ClN2O5. The van der Waals surface area contributed by atoms with Crippen molar-refractivity contribution >= 4 is 5.69 Å². The number of halogens is 1. The molecule has 7 nitrogen and oxygen atoms in total. The Kier molecular flexibility index (Phi) is 6.74. The van der Waals surface area contributed by atoms with E-state index < -0.39 is 10.2 Å². The maximum atomic E-state index is 8.49. The van der Waals surface area contributed by atoms with Crippen LogP contribution in [-0.4, -0.2) is 28.2 Å². The molecule has 2 aromatic rings. The van der Waals surface area contributed by atoms with Crippen molar-refractivity contribution < 1.29 is 33.3 Å². The topological polar surface area (TPSA) is 112 Å². The van der Waals surface area contributed by atoms with Crippen LogP contribution in [0.4, 0.5) is 5.69 Å². The van der Waals surface area contributed by atoms with Gasteiger partial charge in [0, 0.05) is 25.7 Å². The predicted octanol–water partition coefficient (Wildman–Crippen LogP) is -2.71. The lowest BCUT2D eigenvalue weighted by atomic mass is 10.1. The number of hydrogen-bond acceptors (Lipinski definition) is 6. The van der Waals surface area contributed by atoms with Gasteiger partial charge in [0.1, 0.15) is 19.9 Å². The molecule has 0 aliphatic carbocycles. The third kappa shape index (κ3) is 7.27. The van der Waals surface area contributed by atoms with Gasteiger partial charge in [-0.25, -0.2) is 23.2 Å². The van der Waals surface area contributed by atoms with Crippen LogP contribution in [0.2, 0.25) is 0 Å². The normalized spacial score (nSPS) is 10.6. The highest BCUT2D eigenvalue weighted by Gasteiger charge is 2.07. The average molecular weight is 343 g/mol. The second kappa shape index (κ2) is 8.09. The van der Waals surface area contributed by atoms with E-state index in [2.05, 4.69) is 23.1 Å². The summed E-state index contributed by atoms with van der Waals surface area (Å²) in [5, 5.41) is 0. The molecule has 0 saturated heterocycles. The van der Waals surface area contributed by atoms with E-state index in [4.69, 9.17) is 23.1 Å². The highest BCUT2D eigenvalue weighted by atomic mass is 35.7. The van der Waals surface area contributed by atoms with Gasteiger partial charge in [0.2, 0.25) is 0 Å². The van der Waals surface area contributed by atoms with Crippen LogP contribution in [0.15, 0.2) is 46.9 Å². The van der Waals surface area contributed by atoms with Crippen LogP contribution in [0.3, 0.4) is 0 Å². The first kappa shape index (κ1) is 19.1. The van der Waals surface area contributed by atoms with Crippen LogP contribution < -0.4 is 33.7 Å². The highest BCUT2D eigenvalue weighted by Crippen LogP contribution is 2.21. The van der Waals surface area contributed by atoms with Gasteiger partial charge in [0.15, 0.2) is 0 Å². The van der Waals surface area contributed by atoms with E-state index in [9.17, 15) is 0 Å². The molecular weight excluding hydrogens is 324 g/mol. The molecule has 0 atom stereocenters. The molecule has 0 aliphatic heterocycles. The molecule has 1 heterocycles. The largest absolute Gasteiger partial charge is 0.405 e. The van der Waals surface area contributed by atoms with E-state index >= 15 is 0 Å². The Morgan fingerprint density at radius 1 is 0.957 bits per heavy atom. The molecule has 126 valence electrons. The Bertz CT molecular complexity index is 683. The highest BCUT2D eigenvalue weighted by molar-refractivity contribution is 5.62. The molecule has 0 N–H and O–H groups in total. The fraction of sp³-hybridized carbons (Fsp3) is 0.267. The maximum Gasteiger partial charge on any atom is 0.369 e. The summed E-state index contributed by atoms with van der Waals surface area (Å²) in [6.45, 7) is 0. The van der Waals surface area contributed by atoms with Crippen molar-refractivity contribution in [1.29, 1.82) is 0 Å². The number of anilines is 1. The minimum absolute atomic E-state index is 0.847. The first-order valence-corrected chi connectivity index (χ1v) is 7.81. The second-order valence-corrected chi connectivity index (χ2v) is 5.81. The van der Waals surface area contributed by atoms with Crippen LogP contribution in [-0.2, 0) is 0 Å². The van der Waals surface area contributed by atoms with Crippen LogP contribution >= 0.6 is 0 Å². The molecule has 8 heteroatoms. The summed E-state index contributed by atoms with van der Waals surface area (Å²) in [5.41, 5.74) is 3.06. The first-order valence-electron chi connectivity index (χ1n) is 6.58. The lowest BCUT2D eigenvalue weighted by molar-refractivity contribution is -2.00. The van der Waals surface area contributed by atoms with Gasteiger partial charge in [0.05, 0.1) is 11.8 Å². The molecule has 0 radical (unpaired) electrons. The van der Waals surface area contributed by atoms with Crippen LogP contribution in [0.5, 0.6) is 0 Å². The van der Waals surface area contributed by atoms with E-state index in [0.717, 1.165) is 22.6 Å². The van der Waals surface area contributed by atoms with Gasteiger partial charge in [-0.15, -0.1) is 10.2 Å². The lowest BCUT2D eigenvalue weighted by Gasteiger charge is -2.17. The minimum atomic E-state index is -4.94. The number of rotatable bonds is 2. The molecule has 1 aromatic carbocycles. The van der Waals surface area contributed by atoms with Crippen molar-refractivity contribution in [2.75, 3.05) is 33.1 Å². The third-order valence-electron chi connectivity index (χ3n) is 2.78. The zero-order valence-corrected chi connectivity index (χ0v) is 14.1.